The molecule has 0 atom stereocenters. The van der Waals surface area contributed by atoms with Gasteiger partial charge < -0.3 is 19.3 Å². The minimum atomic E-state index is -0.0479. The largest absolute Gasteiger partial charge is 0.497 e. The maximum absolute atomic E-state index is 12.6. The molecule has 1 saturated heterocycles. The monoisotopic (exact) mass is 382 g/mol. The van der Waals surface area contributed by atoms with Crippen molar-refractivity contribution in [3.05, 3.63) is 60.2 Å². The Morgan fingerprint density at radius 1 is 0.821 bits per heavy atom. The summed E-state index contributed by atoms with van der Waals surface area (Å²) in [5.41, 5.74) is 0.958. The zero-order chi connectivity index (χ0) is 19.8. The standard InChI is InChI=1S/C22H26N2O4/c1-27-19-10-8-18(9-11-19)16-21(25)23-12-5-13-24(15-14-23)22(26)17-28-20-6-3-2-4-7-20/h2-4,6-11H,5,12-17H2,1H3. The third kappa shape index (κ3) is 5.49. The van der Waals surface area contributed by atoms with Crippen LogP contribution in [0.4, 0.5) is 0 Å². The van der Waals surface area contributed by atoms with E-state index in [1.54, 1.807) is 12.0 Å². The summed E-state index contributed by atoms with van der Waals surface area (Å²) in [7, 11) is 1.62. The van der Waals surface area contributed by atoms with Crippen LogP contribution in [0.5, 0.6) is 11.5 Å². The first kappa shape index (κ1) is 19.7. The fraction of sp³-hybridized carbons (Fsp3) is 0.364. The summed E-state index contributed by atoms with van der Waals surface area (Å²) >= 11 is 0. The van der Waals surface area contributed by atoms with Gasteiger partial charge in [-0.2, -0.15) is 0 Å². The average Bonchev–Trinajstić information content (AvgIpc) is 3.00. The van der Waals surface area contributed by atoms with E-state index in [1.807, 2.05) is 59.5 Å². The summed E-state index contributed by atoms with van der Waals surface area (Å²) in [6, 6.07) is 16.8. The van der Waals surface area contributed by atoms with Crippen LogP contribution in [-0.2, 0) is 16.0 Å². The van der Waals surface area contributed by atoms with Crippen LogP contribution in [0, 0.1) is 0 Å². The highest BCUT2D eigenvalue weighted by Crippen LogP contribution is 2.14. The highest BCUT2D eigenvalue weighted by molar-refractivity contribution is 5.80. The van der Waals surface area contributed by atoms with Crippen molar-refractivity contribution in [3.63, 3.8) is 0 Å². The number of hydrogen-bond acceptors (Lipinski definition) is 4. The van der Waals surface area contributed by atoms with Gasteiger partial charge in [-0.05, 0) is 36.2 Å². The molecule has 1 aliphatic rings. The molecular weight excluding hydrogens is 356 g/mol. The Bertz CT molecular complexity index is 777. The Balaban J connectivity index is 1.48. The van der Waals surface area contributed by atoms with Crippen LogP contribution in [0.15, 0.2) is 54.6 Å². The molecule has 2 amide bonds. The van der Waals surface area contributed by atoms with Crippen molar-refractivity contribution in [1.82, 2.24) is 9.80 Å². The zero-order valence-electron chi connectivity index (χ0n) is 16.2. The second kappa shape index (κ2) is 9.78. The minimum absolute atomic E-state index is 0.0177. The van der Waals surface area contributed by atoms with Crippen LogP contribution >= 0.6 is 0 Å². The molecule has 0 bridgehead atoms. The van der Waals surface area contributed by atoms with Crippen molar-refractivity contribution in [2.45, 2.75) is 12.8 Å². The number of methoxy groups -OCH3 is 1. The molecule has 0 aromatic heterocycles. The number of carbonyl (C=O) groups is 2. The fourth-order valence-electron chi connectivity index (χ4n) is 3.20. The molecule has 0 radical (unpaired) electrons. The molecule has 1 fully saturated rings. The zero-order valence-corrected chi connectivity index (χ0v) is 16.2. The number of rotatable bonds is 6. The van der Waals surface area contributed by atoms with E-state index in [-0.39, 0.29) is 18.4 Å². The van der Waals surface area contributed by atoms with Gasteiger partial charge in [-0.15, -0.1) is 0 Å². The Morgan fingerprint density at radius 3 is 2.11 bits per heavy atom. The molecule has 0 saturated carbocycles. The predicted octanol–water partition coefficient (Wildman–Crippen LogP) is 2.38. The summed E-state index contributed by atoms with van der Waals surface area (Å²) < 4.78 is 10.7. The molecule has 2 aromatic rings. The number of hydrogen-bond donors (Lipinski definition) is 0. The maximum Gasteiger partial charge on any atom is 0.260 e. The van der Waals surface area contributed by atoms with Gasteiger partial charge in [0, 0.05) is 26.2 Å². The Labute approximate surface area is 165 Å². The second-order valence-electron chi connectivity index (χ2n) is 6.74. The summed E-state index contributed by atoms with van der Waals surface area (Å²) in [5, 5.41) is 0. The van der Waals surface area contributed by atoms with Gasteiger partial charge in [-0.1, -0.05) is 30.3 Å². The lowest BCUT2D eigenvalue weighted by Crippen LogP contribution is -2.39. The van der Waals surface area contributed by atoms with Crippen LogP contribution in [0.3, 0.4) is 0 Å². The van der Waals surface area contributed by atoms with E-state index < -0.39 is 0 Å². The number of amides is 2. The van der Waals surface area contributed by atoms with E-state index in [2.05, 4.69) is 0 Å². The Hall–Kier alpha value is -3.02. The Kier molecular flexibility index (Phi) is 6.89. The van der Waals surface area contributed by atoms with E-state index in [0.717, 1.165) is 17.7 Å². The number of para-hydroxylation sites is 1. The lowest BCUT2D eigenvalue weighted by Gasteiger charge is -2.22. The van der Waals surface area contributed by atoms with Gasteiger partial charge in [-0.25, -0.2) is 0 Å². The van der Waals surface area contributed by atoms with Gasteiger partial charge in [0.05, 0.1) is 13.5 Å². The van der Waals surface area contributed by atoms with Crippen molar-refractivity contribution < 1.29 is 19.1 Å². The van der Waals surface area contributed by atoms with Crippen LogP contribution in [0.2, 0.25) is 0 Å². The molecule has 3 rings (SSSR count). The summed E-state index contributed by atoms with van der Waals surface area (Å²) in [6.45, 7) is 2.41. The van der Waals surface area contributed by atoms with E-state index in [9.17, 15) is 9.59 Å². The van der Waals surface area contributed by atoms with Crippen molar-refractivity contribution in [2.24, 2.45) is 0 Å². The first-order chi connectivity index (χ1) is 13.7. The van der Waals surface area contributed by atoms with E-state index in [1.165, 1.54) is 0 Å². The number of nitrogens with zero attached hydrogens (tertiary/aromatic N) is 2. The van der Waals surface area contributed by atoms with Crippen molar-refractivity contribution in [3.8, 4) is 11.5 Å². The van der Waals surface area contributed by atoms with Crippen molar-refractivity contribution in [1.29, 1.82) is 0 Å². The second-order valence-corrected chi connectivity index (χ2v) is 6.74. The van der Waals surface area contributed by atoms with Crippen LogP contribution in [-0.4, -0.2) is 61.5 Å². The first-order valence-electron chi connectivity index (χ1n) is 9.52. The van der Waals surface area contributed by atoms with Crippen molar-refractivity contribution in [2.75, 3.05) is 39.9 Å². The van der Waals surface area contributed by atoms with E-state index >= 15 is 0 Å². The molecule has 0 spiro atoms. The molecule has 2 aromatic carbocycles. The summed E-state index contributed by atoms with van der Waals surface area (Å²) in [4.78, 5) is 28.7. The van der Waals surface area contributed by atoms with Crippen LogP contribution in [0.1, 0.15) is 12.0 Å². The average molecular weight is 382 g/mol. The van der Waals surface area contributed by atoms with Gasteiger partial charge in [0.2, 0.25) is 5.91 Å². The molecule has 0 unspecified atom stereocenters. The quantitative estimate of drug-likeness (QED) is 0.770. The minimum Gasteiger partial charge on any atom is -0.497 e. The van der Waals surface area contributed by atoms with E-state index in [4.69, 9.17) is 9.47 Å². The first-order valence-corrected chi connectivity index (χ1v) is 9.52. The lowest BCUT2D eigenvalue weighted by atomic mass is 10.1. The molecule has 28 heavy (non-hydrogen) atoms. The fourth-order valence-corrected chi connectivity index (χ4v) is 3.20. The van der Waals surface area contributed by atoms with Gasteiger partial charge >= 0.3 is 0 Å². The lowest BCUT2D eigenvalue weighted by molar-refractivity contribution is -0.134. The highest BCUT2D eigenvalue weighted by Gasteiger charge is 2.22. The summed E-state index contributed by atoms with van der Waals surface area (Å²) in [6.07, 6.45) is 1.13. The molecule has 0 aliphatic carbocycles. The van der Waals surface area contributed by atoms with Gasteiger partial charge in [0.25, 0.3) is 5.91 Å². The molecule has 0 N–H and O–H groups in total. The van der Waals surface area contributed by atoms with Gasteiger partial charge in [-0.3, -0.25) is 9.59 Å². The van der Waals surface area contributed by atoms with Crippen molar-refractivity contribution >= 4 is 11.8 Å². The van der Waals surface area contributed by atoms with Crippen LogP contribution < -0.4 is 9.47 Å². The molecule has 1 heterocycles. The molecule has 1 aliphatic heterocycles. The molecule has 148 valence electrons. The third-order valence-electron chi connectivity index (χ3n) is 4.82. The summed E-state index contributed by atoms with van der Waals surface area (Å²) in [5.74, 6) is 1.49. The van der Waals surface area contributed by atoms with Crippen LogP contribution in [0.25, 0.3) is 0 Å². The Morgan fingerprint density at radius 2 is 1.46 bits per heavy atom. The van der Waals surface area contributed by atoms with Gasteiger partial charge in [0.1, 0.15) is 11.5 Å². The molecule has 6 heteroatoms. The molecule has 6 nitrogen and oxygen atoms in total. The predicted molar refractivity (Wildman–Crippen MR) is 106 cm³/mol. The van der Waals surface area contributed by atoms with E-state index in [0.29, 0.717) is 38.3 Å². The topological polar surface area (TPSA) is 59.1 Å². The smallest absolute Gasteiger partial charge is 0.260 e. The van der Waals surface area contributed by atoms with Gasteiger partial charge in [0.15, 0.2) is 6.61 Å². The SMILES string of the molecule is COc1ccc(CC(=O)N2CCCN(C(=O)COc3ccccc3)CC2)cc1. The molecular formula is C22H26N2O4. The third-order valence-corrected chi connectivity index (χ3v) is 4.82. The number of ether oxygens (including phenoxy) is 2. The normalized spacial score (nSPS) is 14.3. The number of carbonyl (C=O) groups excluding carboxylic acids is 2. The number of benzene rings is 2. The maximum atomic E-state index is 12.6. The highest BCUT2D eigenvalue weighted by atomic mass is 16.5.